The van der Waals surface area contributed by atoms with E-state index in [4.69, 9.17) is 0 Å². The molecule has 1 aromatic rings. The highest BCUT2D eigenvalue weighted by molar-refractivity contribution is 7.14. The average molecular weight is 269 g/mol. The topological polar surface area (TPSA) is 61.4 Å². The summed E-state index contributed by atoms with van der Waals surface area (Å²) in [5.41, 5.74) is 0. The van der Waals surface area contributed by atoms with E-state index in [2.05, 4.69) is 10.6 Å². The zero-order valence-electron chi connectivity index (χ0n) is 10.9. The Kier molecular flexibility index (Phi) is 5.80. The number of hydrogen-bond acceptors (Lipinski definition) is 4. The summed E-state index contributed by atoms with van der Waals surface area (Å²) in [6.07, 6.45) is 0. The Hall–Kier alpha value is -1.40. The average Bonchev–Trinajstić information content (AvgIpc) is 2.81. The molecule has 1 rings (SSSR count). The van der Waals surface area contributed by atoms with Crippen LogP contribution < -0.4 is 10.6 Å². The first-order chi connectivity index (χ1) is 8.54. The Morgan fingerprint density at radius 2 is 2.11 bits per heavy atom. The minimum absolute atomic E-state index is 0.0179. The smallest absolute Gasteiger partial charge is 0.263 e. The Morgan fingerprint density at radius 3 is 2.72 bits per heavy atom. The number of nitrogens with one attached hydrogen (secondary N) is 2. The van der Waals surface area contributed by atoms with Gasteiger partial charge in [0.05, 0.1) is 11.4 Å². The Morgan fingerprint density at radius 1 is 1.39 bits per heavy atom. The molecule has 0 saturated carbocycles. The summed E-state index contributed by atoms with van der Waals surface area (Å²) in [6, 6.07) is 3.68. The SMILES string of the molecule is CNCCN(C)C(=O)c1ccc(CNC(C)=O)s1. The van der Waals surface area contributed by atoms with Crippen molar-refractivity contribution in [3.63, 3.8) is 0 Å². The van der Waals surface area contributed by atoms with Crippen LogP contribution in [0.1, 0.15) is 21.5 Å². The molecular formula is C12H19N3O2S. The first-order valence-corrected chi connectivity index (χ1v) is 6.59. The largest absolute Gasteiger partial charge is 0.351 e. The number of hydrogen-bond donors (Lipinski definition) is 2. The van der Waals surface area contributed by atoms with E-state index in [1.165, 1.54) is 18.3 Å². The van der Waals surface area contributed by atoms with Crippen molar-refractivity contribution in [1.82, 2.24) is 15.5 Å². The van der Waals surface area contributed by atoms with Crippen molar-refractivity contribution in [2.75, 3.05) is 27.2 Å². The summed E-state index contributed by atoms with van der Waals surface area (Å²) in [6.45, 7) is 3.40. The summed E-state index contributed by atoms with van der Waals surface area (Å²) >= 11 is 1.42. The summed E-state index contributed by atoms with van der Waals surface area (Å²) in [4.78, 5) is 26.2. The minimum Gasteiger partial charge on any atom is -0.351 e. The predicted molar refractivity (Wildman–Crippen MR) is 72.7 cm³/mol. The Labute approximate surface area is 111 Å². The van der Waals surface area contributed by atoms with Crippen LogP contribution in [0.4, 0.5) is 0 Å². The molecular weight excluding hydrogens is 250 g/mol. The van der Waals surface area contributed by atoms with Gasteiger partial charge in [-0.25, -0.2) is 0 Å². The van der Waals surface area contributed by atoms with Crippen LogP contribution in [0.2, 0.25) is 0 Å². The standard InChI is InChI=1S/C12H19N3O2S/c1-9(16)14-8-10-4-5-11(18-10)12(17)15(3)7-6-13-2/h4-5,13H,6-8H2,1-3H3,(H,14,16). The lowest BCUT2D eigenvalue weighted by molar-refractivity contribution is -0.119. The maximum Gasteiger partial charge on any atom is 0.263 e. The van der Waals surface area contributed by atoms with Crippen molar-refractivity contribution in [1.29, 1.82) is 0 Å². The molecule has 0 spiro atoms. The van der Waals surface area contributed by atoms with E-state index in [0.29, 0.717) is 18.0 Å². The molecule has 100 valence electrons. The second-order valence-corrected chi connectivity index (χ2v) is 5.17. The third-order valence-corrected chi connectivity index (χ3v) is 3.50. The Bertz CT molecular complexity index is 417. The van der Waals surface area contributed by atoms with Crippen LogP contribution in [0.3, 0.4) is 0 Å². The van der Waals surface area contributed by atoms with Crippen molar-refractivity contribution in [3.8, 4) is 0 Å². The van der Waals surface area contributed by atoms with Crippen LogP contribution in [-0.2, 0) is 11.3 Å². The number of carbonyl (C=O) groups excluding carboxylic acids is 2. The third kappa shape index (κ3) is 4.46. The van der Waals surface area contributed by atoms with Crippen molar-refractivity contribution in [3.05, 3.63) is 21.9 Å². The number of amides is 2. The maximum atomic E-state index is 12.0. The molecule has 2 amide bonds. The van der Waals surface area contributed by atoms with Gasteiger partial charge in [-0.05, 0) is 19.2 Å². The predicted octanol–water partition coefficient (Wildman–Crippen LogP) is 0.676. The molecule has 0 unspecified atom stereocenters. The lowest BCUT2D eigenvalue weighted by Crippen LogP contribution is -2.32. The van der Waals surface area contributed by atoms with E-state index in [-0.39, 0.29) is 11.8 Å². The maximum absolute atomic E-state index is 12.0. The molecule has 18 heavy (non-hydrogen) atoms. The number of nitrogens with zero attached hydrogens (tertiary/aromatic N) is 1. The van der Waals surface area contributed by atoms with Crippen LogP contribution in [-0.4, -0.2) is 43.9 Å². The summed E-state index contributed by atoms with van der Waals surface area (Å²) in [7, 11) is 3.64. The number of thiophene rings is 1. The van der Waals surface area contributed by atoms with Crippen LogP contribution in [0.15, 0.2) is 12.1 Å². The van der Waals surface area contributed by atoms with Gasteiger partial charge < -0.3 is 15.5 Å². The molecule has 0 bridgehead atoms. The fraction of sp³-hybridized carbons (Fsp3) is 0.500. The molecule has 2 N–H and O–H groups in total. The van der Waals surface area contributed by atoms with Crippen LogP contribution >= 0.6 is 11.3 Å². The van der Waals surface area contributed by atoms with E-state index in [0.717, 1.165) is 11.4 Å². The molecule has 1 aromatic heterocycles. The molecule has 0 aliphatic carbocycles. The molecule has 0 aliphatic rings. The third-order valence-electron chi connectivity index (χ3n) is 2.43. The molecule has 0 atom stereocenters. The zero-order valence-corrected chi connectivity index (χ0v) is 11.8. The van der Waals surface area contributed by atoms with Crippen molar-refractivity contribution in [2.45, 2.75) is 13.5 Å². The van der Waals surface area contributed by atoms with Gasteiger partial charge in [-0.3, -0.25) is 9.59 Å². The van der Waals surface area contributed by atoms with E-state index in [9.17, 15) is 9.59 Å². The zero-order chi connectivity index (χ0) is 13.5. The lowest BCUT2D eigenvalue weighted by atomic mass is 10.3. The van der Waals surface area contributed by atoms with Crippen molar-refractivity contribution < 1.29 is 9.59 Å². The molecule has 6 heteroatoms. The van der Waals surface area contributed by atoms with Gasteiger partial charge in [0.25, 0.3) is 5.91 Å². The highest BCUT2D eigenvalue weighted by atomic mass is 32.1. The molecule has 0 fully saturated rings. The fourth-order valence-corrected chi connectivity index (χ4v) is 2.31. The van der Waals surface area contributed by atoms with Crippen LogP contribution in [0.25, 0.3) is 0 Å². The Balaban J connectivity index is 2.56. The molecule has 1 heterocycles. The summed E-state index contributed by atoms with van der Waals surface area (Å²) in [5, 5.41) is 5.72. The number of carbonyl (C=O) groups is 2. The lowest BCUT2D eigenvalue weighted by Gasteiger charge is -2.15. The normalized spacial score (nSPS) is 10.2. The highest BCUT2D eigenvalue weighted by Gasteiger charge is 2.13. The molecule has 0 aromatic carbocycles. The number of likely N-dealkylation sites (N-methyl/N-ethyl adjacent to an activating group) is 2. The molecule has 0 saturated heterocycles. The van der Waals surface area contributed by atoms with E-state index >= 15 is 0 Å². The minimum atomic E-state index is -0.0672. The quantitative estimate of drug-likeness (QED) is 0.798. The molecule has 5 nitrogen and oxygen atoms in total. The van der Waals surface area contributed by atoms with Gasteiger partial charge in [0.2, 0.25) is 5.91 Å². The second-order valence-electron chi connectivity index (χ2n) is 4.01. The van der Waals surface area contributed by atoms with E-state index in [1.807, 2.05) is 13.1 Å². The monoisotopic (exact) mass is 269 g/mol. The number of rotatable bonds is 6. The van der Waals surface area contributed by atoms with Gasteiger partial charge >= 0.3 is 0 Å². The highest BCUT2D eigenvalue weighted by Crippen LogP contribution is 2.17. The summed E-state index contributed by atoms with van der Waals surface area (Å²) < 4.78 is 0. The fourth-order valence-electron chi connectivity index (χ4n) is 1.37. The van der Waals surface area contributed by atoms with E-state index < -0.39 is 0 Å². The van der Waals surface area contributed by atoms with Crippen LogP contribution in [0.5, 0.6) is 0 Å². The van der Waals surface area contributed by atoms with Gasteiger partial charge in [-0.15, -0.1) is 11.3 Å². The molecule has 0 radical (unpaired) electrons. The van der Waals surface area contributed by atoms with E-state index in [1.54, 1.807) is 18.0 Å². The van der Waals surface area contributed by atoms with Gasteiger partial charge in [-0.2, -0.15) is 0 Å². The van der Waals surface area contributed by atoms with Gasteiger partial charge in [0.1, 0.15) is 0 Å². The van der Waals surface area contributed by atoms with Crippen molar-refractivity contribution >= 4 is 23.2 Å². The van der Waals surface area contributed by atoms with Crippen LogP contribution in [0, 0.1) is 0 Å². The van der Waals surface area contributed by atoms with Crippen molar-refractivity contribution in [2.24, 2.45) is 0 Å². The van der Waals surface area contributed by atoms with Gasteiger partial charge in [0, 0.05) is 31.9 Å². The van der Waals surface area contributed by atoms with Gasteiger partial charge in [-0.1, -0.05) is 0 Å². The first kappa shape index (κ1) is 14.7. The second kappa shape index (κ2) is 7.13. The summed E-state index contributed by atoms with van der Waals surface area (Å²) in [5.74, 6) is -0.0493. The molecule has 0 aliphatic heterocycles. The van der Waals surface area contributed by atoms with Gasteiger partial charge in [0.15, 0.2) is 0 Å². The first-order valence-electron chi connectivity index (χ1n) is 5.77.